The van der Waals surface area contributed by atoms with Crippen molar-refractivity contribution in [1.29, 1.82) is 0 Å². The number of pyridine rings is 1. The molecule has 5 nitrogen and oxygen atoms in total. The van der Waals surface area contributed by atoms with Gasteiger partial charge in [-0.2, -0.15) is 4.57 Å². The Morgan fingerprint density at radius 2 is 1.79 bits per heavy atom. The Labute approximate surface area is 160 Å². The Morgan fingerprint density at radius 3 is 2.61 bits per heavy atom. The Kier molecular flexibility index (Phi) is 3.41. The van der Waals surface area contributed by atoms with Crippen molar-refractivity contribution >= 4 is 45.5 Å². The van der Waals surface area contributed by atoms with Crippen LogP contribution in [0.2, 0.25) is 0 Å². The lowest BCUT2D eigenvalue weighted by Gasteiger charge is -2.24. The lowest BCUT2D eigenvalue weighted by molar-refractivity contribution is -0.652. The van der Waals surface area contributed by atoms with Crippen molar-refractivity contribution in [3.8, 4) is 0 Å². The number of para-hydroxylation sites is 2. The first-order valence-electron chi connectivity index (χ1n) is 8.97. The molecule has 5 heteroatoms. The van der Waals surface area contributed by atoms with E-state index in [0.29, 0.717) is 34.5 Å². The highest BCUT2D eigenvalue weighted by atomic mass is 16.2. The van der Waals surface area contributed by atoms with Gasteiger partial charge in [0.15, 0.2) is 5.69 Å². The highest BCUT2D eigenvalue weighted by Gasteiger charge is 2.41. The summed E-state index contributed by atoms with van der Waals surface area (Å²) in [5, 5.41) is 0.796. The molecule has 0 saturated heterocycles. The summed E-state index contributed by atoms with van der Waals surface area (Å²) in [7, 11) is 1.94. The van der Waals surface area contributed by atoms with E-state index in [9.17, 15) is 14.4 Å². The van der Waals surface area contributed by atoms with E-state index in [1.165, 1.54) is 4.90 Å². The third-order valence-corrected chi connectivity index (χ3v) is 5.44. The number of Topliss-reactive ketones (excluding diaryl/α,β-unsaturated/α-hetero) is 1. The van der Waals surface area contributed by atoms with Crippen LogP contribution in [0.25, 0.3) is 16.5 Å². The number of aryl methyl sites for hydroxylation is 1. The zero-order chi connectivity index (χ0) is 19.4. The zero-order valence-electron chi connectivity index (χ0n) is 15.1. The van der Waals surface area contributed by atoms with E-state index in [-0.39, 0.29) is 0 Å². The van der Waals surface area contributed by atoms with Crippen molar-refractivity contribution in [3.05, 3.63) is 77.5 Å². The predicted octanol–water partition coefficient (Wildman–Crippen LogP) is 2.85. The van der Waals surface area contributed by atoms with Gasteiger partial charge in [0.25, 0.3) is 5.78 Å². The Balaban J connectivity index is 1.97. The molecule has 0 spiro atoms. The molecule has 5 rings (SSSR count). The number of allylic oxidation sites excluding steroid dienone is 3. The van der Waals surface area contributed by atoms with E-state index >= 15 is 0 Å². The first kappa shape index (κ1) is 16.4. The van der Waals surface area contributed by atoms with Crippen molar-refractivity contribution in [2.24, 2.45) is 7.05 Å². The molecule has 0 saturated carbocycles. The molecule has 0 unspecified atom stereocenters. The summed E-state index contributed by atoms with van der Waals surface area (Å²) < 4.78 is 2.03. The van der Waals surface area contributed by atoms with Crippen LogP contribution in [0.15, 0.2) is 60.7 Å². The second-order valence-electron chi connectivity index (χ2n) is 6.86. The van der Waals surface area contributed by atoms with Crippen molar-refractivity contribution in [2.45, 2.75) is 6.42 Å². The largest absolute Gasteiger partial charge is 0.304 e. The van der Waals surface area contributed by atoms with Gasteiger partial charge >= 0.3 is 5.91 Å². The highest BCUT2D eigenvalue weighted by molar-refractivity contribution is 6.54. The highest BCUT2D eigenvalue weighted by Crippen LogP contribution is 2.44. The molecule has 0 radical (unpaired) electrons. The first-order chi connectivity index (χ1) is 13.6. The molecule has 28 heavy (non-hydrogen) atoms. The molecule has 1 amide bonds. The number of ketones is 1. The van der Waals surface area contributed by atoms with E-state index in [1.54, 1.807) is 30.3 Å². The zero-order valence-corrected chi connectivity index (χ0v) is 15.1. The van der Waals surface area contributed by atoms with Crippen LogP contribution >= 0.6 is 0 Å². The summed E-state index contributed by atoms with van der Waals surface area (Å²) in [6.45, 7) is 0. The standard InChI is InChI=1S/C23H15N2O3/c1-24-17-10-4-2-8-15(17)21(20-14(13-26)7-6-12-19(20)24)25-18-11-5-3-9-16(18)22(27)23(25)28/h2-11H,12H2,1H3/q+1. The van der Waals surface area contributed by atoms with Crippen LogP contribution in [0.3, 0.4) is 0 Å². The number of carbonyl (C=O) groups is 2. The summed E-state index contributed by atoms with van der Waals surface area (Å²) in [5.74, 6) is 0.863. The Hall–Kier alpha value is -3.82. The van der Waals surface area contributed by atoms with Gasteiger partial charge in [0.05, 0.1) is 39.9 Å². The molecule has 1 aliphatic heterocycles. The van der Waals surface area contributed by atoms with Gasteiger partial charge in [-0.1, -0.05) is 30.3 Å². The van der Waals surface area contributed by atoms with Gasteiger partial charge in [0, 0.05) is 6.07 Å². The molecule has 2 aromatic carbocycles. The Morgan fingerprint density at radius 1 is 1.04 bits per heavy atom. The van der Waals surface area contributed by atoms with Crippen molar-refractivity contribution in [1.82, 2.24) is 0 Å². The van der Waals surface area contributed by atoms with Crippen LogP contribution in [0.1, 0.15) is 21.6 Å². The molecule has 0 N–H and O–H groups in total. The van der Waals surface area contributed by atoms with Crippen molar-refractivity contribution in [2.75, 3.05) is 4.90 Å². The number of hydrogen-bond donors (Lipinski definition) is 0. The molecule has 134 valence electrons. The third-order valence-electron chi connectivity index (χ3n) is 5.44. The number of fused-ring (bicyclic) bond motifs is 3. The summed E-state index contributed by atoms with van der Waals surface area (Å²) >= 11 is 0. The van der Waals surface area contributed by atoms with E-state index in [0.717, 1.165) is 16.6 Å². The average molecular weight is 367 g/mol. The molecule has 0 atom stereocenters. The van der Waals surface area contributed by atoms with E-state index < -0.39 is 11.7 Å². The smallest absolute Gasteiger partial charge is 0.283 e. The van der Waals surface area contributed by atoms with E-state index in [1.807, 2.05) is 47.9 Å². The number of hydrogen-bond acceptors (Lipinski definition) is 3. The minimum Gasteiger partial charge on any atom is -0.283 e. The van der Waals surface area contributed by atoms with Crippen LogP contribution in [-0.2, 0) is 23.1 Å². The molecule has 2 aliphatic rings. The third kappa shape index (κ3) is 2.02. The summed E-state index contributed by atoms with van der Waals surface area (Å²) in [4.78, 5) is 38.8. The topological polar surface area (TPSA) is 58.3 Å². The predicted molar refractivity (Wildman–Crippen MR) is 105 cm³/mol. The number of nitrogens with zero attached hydrogens (tertiary/aromatic N) is 2. The minimum atomic E-state index is -0.609. The maximum atomic E-state index is 13.0. The van der Waals surface area contributed by atoms with Gasteiger partial charge in [-0.25, -0.2) is 4.79 Å². The van der Waals surface area contributed by atoms with Crippen LogP contribution < -0.4 is 9.47 Å². The molecule has 2 heterocycles. The lowest BCUT2D eigenvalue weighted by atomic mass is 9.92. The normalized spacial score (nSPS) is 15.0. The Bertz CT molecular complexity index is 1300. The fourth-order valence-electron chi connectivity index (χ4n) is 4.17. The number of benzene rings is 2. The number of carbonyl (C=O) groups excluding carboxylic acids is 3. The molecule has 1 aromatic heterocycles. The minimum absolute atomic E-state index is 0.376. The van der Waals surface area contributed by atoms with Gasteiger partial charge in [-0.05, 0) is 24.3 Å². The number of rotatable bonds is 1. The maximum Gasteiger partial charge on any atom is 0.304 e. The molecular formula is C23H15N2O3+. The number of amides is 1. The van der Waals surface area contributed by atoms with Crippen molar-refractivity contribution in [3.63, 3.8) is 0 Å². The van der Waals surface area contributed by atoms with Gasteiger partial charge in [0.2, 0.25) is 5.52 Å². The molecule has 0 bridgehead atoms. The fraction of sp³-hybridized carbons (Fsp3) is 0.0870. The van der Waals surface area contributed by atoms with Crippen LogP contribution in [0, 0.1) is 0 Å². The van der Waals surface area contributed by atoms with Crippen LogP contribution in [0.4, 0.5) is 11.4 Å². The molecular weight excluding hydrogens is 352 g/mol. The molecule has 1 aliphatic carbocycles. The van der Waals surface area contributed by atoms with Gasteiger partial charge in [0.1, 0.15) is 13.0 Å². The summed E-state index contributed by atoms with van der Waals surface area (Å²) in [6.07, 6.45) is 4.25. The lowest BCUT2D eigenvalue weighted by Crippen LogP contribution is -2.38. The molecule has 3 aromatic rings. The summed E-state index contributed by atoms with van der Waals surface area (Å²) in [5.41, 5.74) is 4.33. The fourth-order valence-corrected chi connectivity index (χ4v) is 4.17. The second kappa shape index (κ2) is 5.84. The van der Waals surface area contributed by atoms with Crippen molar-refractivity contribution < 1.29 is 19.0 Å². The van der Waals surface area contributed by atoms with E-state index in [4.69, 9.17) is 0 Å². The number of anilines is 2. The maximum absolute atomic E-state index is 13.0. The van der Waals surface area contributed by atoms with Crippen LogP contribution in [-0.4, -0.2) is 17.6 Å². The first-order valence-corrected chi connectivity index (χ1v) is 8.97. The SMILES string of the molecule is C[n+]1c2c(c(N3C(=O)C(=O)c4ccccc43)c3ccccc31)C(=C=O)C=CC2. The number of aromatic nitrogens is 1. The van der Waals surface area contributed by atoms with Gasteiger partial charge < -0.3 is 0 Å². The monoisotopic (exact) mass is 367 g/mol. The van der Waals surface area contributed by atoms with Gasteiger partial charge in [-0.3, -0.25) is 14.5 Å². The second-order valence-corrected chi connectivity index (χ2v) is 6.86. The molecule has 0 fully saturated rings. The average Bonchev–Trinajstić information content (AvgIpc) is 2.99. The van der Waals surface area contributed by atoms with Crippen LogP contribution in [0.5, 0.6) is 0 Å². The van der Waals surface area contributed by atoms with E-state index in [2.05, 4.69) is 0 Å². The van der Waals surface area contributed by atoms with Gasteiger partial charge in [-0.15, -0.1) is 0 Å². The summed E-state index contributed by atoms with van der Waals surface area (Å²) in [6, 6.07) is 14.6. The quantitative estimate of drug-likeness (QED) is 0.378.